The molecule has 0 unspecified atom stereocenters. The van der Waals surface area contributed by atoms with Crippen LogP contribution in [0.1, 0.15) is 46.4 Å². The number of aromatic nitrogens is 3. The second-order valence-electron chi connectivity index (χ2n) is 9.03. The molecule has 9 heteroatoms. The third-order valence-electron chi connectivity index (χ3n) is 6.51. The van der Waals surface area contributed by atoms with Crippen LogP contribution in [0.3, 0.4) is 0 Å². The van der Waals surface area contributed by atoms with Crippen molar-refractivity contribution in [2.75, 3.05) is 13.1 Å². The second kappa shape index (κ2) is 9.89. The van der Waals surface area contributed by atoms with E-state index in [1.165, 1.54) is 17.7 Å². The number of likely N-dealkylation sites (tertiary alicyclic amines) is 1. The maximum atomic E-state index is 12.9. The normalized spacial score (nSPS) is 15.3. The molecule has 0 saturated carbocycles. The minimum atomic E-state index is -4.52. The number of benzene rings is 2. The van der Waals surface area contributed by atoms with Gasteiger partial charge in [-0.25, -0.2) is 4.98 Å². The van der Waals surface area contributed by atoms with E-state index in [1.807, 2.05) is 23.6 Å². The lowest BCUT2D eigenvalue weighted by Gasteiger charge is -2.31. The Labute approximate surface area is 210 Å². The Morgan fingerprint density at radius 1 is 1.08 bits per heavy atom. The number of piperidine rings is 1. The molecule has 0 spiro atoms. The number of alkyl halides is 3. The van der Waals surface area contributed by atoms with Gasteiger partial charge in [0.25, 0.3) is 0 Å². The number of carbonyl (C=O) groups is 1. The zero-order valence-corrected chi connectivity index (χ0v) is 20.5. The van der Waals surface area contributed by atoms with Crippen molar-refractivity contribution in [1.29, 1.82) is 0 Å². The van der Waals surface area contributed by atoms with Crippen LogP contribution in [0.15, 0.2) is 53.9 Å². The van der Waals surface area contributed by atoms with Crippen molar-refractivity contribution in [3.05, 3.63) is 81.6 Å². The fourth-order valence-electron chi connectivity index (χ4n) is 4.47. The van der Waals surface area contributed by atoms with Gasteiger partial charge in [0.15, 0.2) is 5.69 Å². The van der Waals surface area contributed by atoms with Gasteiger partial charge in [0.2, 0.25) is 5.91 Å². The summed E-state index contributed by atoms with van der Waals surface area (Å²) < 4.78 is 39.8. The third-order valence-corrected chi connectivity index (χ3v) is 7.54. The van der Waals surface area contributed by atoms with E-state index in [9.17, 15) is 18.0 Å². The molecule has 0 aliphatic carbocycles. The highest BCUT2D eigenvalue weighted by molar-refractivity contribution is 7.09. The van der Waals surface area contributed by atoms with Gasteiger partial charge in [-0.3, -0.25) is 9.48 Å². The van der Waals surface area contributed by atoms with Crippen LogP contribution in [0.4, 0.5) is 13.2 Å². The van der Waals surface area contributed by atoms with Crippen molar-refractivity contribution < 1.29 is 18.0 Å². The van der Waals surface area contributed by atoms with Gasteiger partial charge in [-0.1, -0.05) is 42.5 Å². The molecule has 2 aromatic heterocycles. The molecule has 1 aliphatic heterocycles. The Morgan fingerprint density at radius 2 is 1.83 bits per heavy atom. The summed E-state index contributed by atoms with van der Waals surface area (Å²) in [5.74, 6) is 0.0525. The van der Waals surface area contributed by atoms with E-state index < -0.39 is 11.9 Å². The molecule has 0 radical (unpaired) electrons. The van der Waals surface area contributed by atoms with Crippen LogP contribution >= 0.6 is 11.3 Å². The summed E-state index contributed by atoms with van der Waals surface area (Å²) in [4.78, 5) is 19.2. The van der Waals surface area contributed by atoms with Crippen LogP contribution in [0.25, 0.3) is 22.9 Å². The van der Waals surface area contributed by atoms with Gasteiger partial charge in [0.05, 0.1) is 10.7 Å². The molecule has 0 N–H and O–H groups in total. The first kappa shape index (κ1) is 24.2. The number of hydrogen-bond acceptors (Lipinski definition) is 4. The first-order valence-corrected chi connectivity index (χ1v) is 12.7. The van der Waals surface area contributed by atoms with Crippen molar-refractivity contribution in [3.8, 4) is 0 Å². The maximum absolute atomic E-state index is 12.9. The number of nitrogens with zero attached hydrogens (tertiary/aromatic N) is 4. The van der Waals surface area contributed by atoms with Crippen molar-refractivity contribution in [2.24, 2.45) is 0 Å². The predicted molar refractivity (Wildman–Crippen MR) is 136 cm³/mol. The van der Waals surface area contributed by atoms with Crippen molar-refractivity contribution in [1.82, 2.24) is 19.7 Å². The van der Waals surface area contributed by atoms with Gasteiger partial charge >= 0.3 is 6.18 Å². The van der Waals surface area contributed by atoms with E-state index in [2.05, 4.69) is 41.5 Å². The minimum absolute atomic E-state index is 0.187. The van der Waals surface area contributed by atoms with E-state index >= 15 is 0 Å². The van der Waals surface area contributed by atoms with Gasteiger partial charge < -0.3 is 4.90 Å². The fourth-order valence-corrected chi connectivity index (χ4v) is 5.43. The molecule has 2 aromatic carbocycles. The van der Waals surface area contributed by atoms with Gasteiger partial charge in [-0.2, -0.15) is 18.3 Å². The summed E-state index contributed by atoms with van der Waals surface area (Å²) in [6.07, 6.45) is 1.12. The highest BCUT2D eigenvalue weighted by Gasteiger charge is 2.35. The van der Waals surface area contributed by atoms with E-state index in [0.29, 0.717) is 18.8 Å². The number of fused-ring (bicyclic) bond motifs is 1. The highest BCUT2D eigenvalue weighted by atomic mass is 32.1. The molecule has 1 aliphatic rings. The van der Waals surface area contributed by atoms with E-state index in [4.69, 9.17) is 4.98 Å². The molecular weight excluding hydrogens is 485 g/mol. The van der Waals surface area contributed by atoms with Crippen LogP contribution in [-0.2, 0) is 17.5 Å². The lowest BCUT2D eigenvalue weighted by atomic mass is 9.97. The second-order valence-corrected chi connectivity index (χ2v) is 9.92. The molecule has 1 amide bonds. The highest BCUT2D eigenvalue weighted by Crippen LogP contribution is 2.31. The summed E-state index contributed by atoms with van der Waals surface area (Å²) >= 11 is 1.63. The third kappa shape index (κ3) is 5.36. The van der Waals surface area contributed by atoms with Crippen LogP contribution in [0, 0.1) is 6.92 Å². The van der Waals surface area contributed by atoms with Crippen LogP contribution in [0.2, 0.25) is 0 Å². The molecule has 5 nitrogen and oxygen atoms in total. The quantitative estimate of drug-likeness (QED) is 0.312. The number of aryl methyl sites for hydroxylation is 1. The Kier molecular flexibility index (Phi) is 6.66. The lowest BCUT2D eigenvalue weighted by Crippen LogP contribution is -2.40. The summed E-state index contributed by atoms with van der Waals surface area (Å²) in [5.41, 5.74) is 1.37. The summed E-state index contributed by atoms with van der Waals surface area (Å²) in [6.45, 7) is 2.44. The number of amides is 1. The van der Waals surface area contributed by atoms with E-state index in [1.54, 1.807) is 16.2 Å². The smallest absolute Gasteiger partial charge is 0.341 e. The zero-order chi connectivity index (χ0) is 25.3. The van der Waals surface area contributed by atoms with E-state index in [-0.39, 0.29) is 18.4 Å². The van der Waals surface area contributed by atoms with Gasteiger partial charge in [0.1, 0.15) is 6.54 Å². The van der Waals surface area contributed by atoms with Crippen molar-refractivity contribution in [3.63, 3.8) is 0 Å². The number of rotatable bonds is 5. The monoisotopic (exact) mass is 510 g/mol. The average Bonchev–Trinajstić information content (AvgIpc) is 3.49. The van der Waals surface area contributed by atoms with Crippen molar-refractivity contribution >= 4 is 40.2 Å². The zero-order valence-electron chi connectivity index (χ0n) is 19.7. The standard InChI is InChI=1S/C27H25F3N4OS/c1-18-14-24(27(28,29)30)32-34(18)16-25(35)33-12-10-21(11-13-33)26-31-23(17-36-26)9-7-19-6-8-20-4-2-3-5-22(20)15-19/h2-9,14-15,17,21H,10-13,16H2,1H3. The summed E-state index contributed by atoms with van der Waals surface area (Å²) in [5, 5.41) is 9.07. The van der Waals surface area contributed by atoms with Gasteiger partial charge in [-0.05, 0) is 54.3 Å². The van der Waals surface area contributed by atoms with E-state index in [0.717, 1.165) is 39.9 Å². The Bertz CT molecular complexity index is 1410. The molecule has 0 atom stereocenters. The molecule has 1 saturated heterocycles. The number of hydrogen-bond donors (Lipinski definition) is 0. The van der Waals surface area contributed by atoms with Crippen LogP contribution < -0.4 is 0 Å². The molecular formula is C27H25F3N4OS. The largest absolute Gasteiger partial charge is 0.435 e. The molecule has 0 bridgehead atoms. The summed E-state index contributed by atoms with van der Waals surface area (Å²) in [6, 6.07) is 15.6. The molecule has 4 aromatic rings. The van der Waals surface area contributed by atoms with Gasteiger partial charge in [-0.15, -0.1) is 11.3 Å². The maximum Gasteiger partial charge on any atom is 0.435 e. The topological polar surface area (TPSA) is 51.0 Å². The fraction of sp³-hybridized carbons (Fsp3) is 0.296. The average molecular weight is 511 g/mol. The predicted octanol–water partition coefficient (Wildman–Crippen LogP) is 6.40. The first-order valence-electron chi connectivity index (χ1n) is 11.8. The molecule has 1 fully saturated rings. The minimum Gasteiger partial charge on any atom is -0.341 e. The van der Waals surface area contributed by atoms with Crippen LogP contribution in [-0.4, -0.2) is 38.7 Å². The Balaban J connectivity index is 1.17. The summed E-state index contributed by atoms with van der Waals surface area (Å²) in [7, 11) is 0. The first-order chi connectivity index (χ1) is 17.3. The Morgan fingerprint density at radius 3 is 2.56 bits per heavy atom. The van der Waals surface area contributed by atoms with Crippen LogP contribution in [0.5, 0.6) is 0 Å². The van der Waals surface area contributed by atoms with Gasteiger partial charge in [0, 0.05) is 30.1 Å². The molecule has 5 rings (SSSR count). The SMILES string of the molecule is Cc1cc(C(F)(F)F)nn1CC(=O)N1CCC(c2nc(C=Cc3ccc4ccccc4c3)cs2)CC1. The van der Waals surface area contributed by atoms with Crippen molar-refractivity contribution in [2.45, 2.75) is 38.4 Å². The number of carbonyl (C=O) groups excluding carboxylic acids is 1. The molecule has 3 heterocycles. The molecule has 186 valence electrons. The Hall–Kier alpha value is -3.46. The lowest BCUT2D eigenvalue weighted by molar-refractivity contribution is -0.142. The molecule has 36 heavy (non-hydrogen) atoms. The number of halogens is 3. The number of thiazole rings is 1.